The first-order valence-electron chi connectivity index (χ1n) is 12.0. The van der Waals surface area contributed by atoms with Crippen LogP contribution in [0.5, 0.6) is 0 Å². The van der Waals surface area contributed by atoms with Crippen LogP contribution in [0.15, 0.2) is 35.3 Å². The third-order valence-corrected chi connectivity index (χ3v) is 7.31. The molecule has 2 fully saturated rings. The fourth-order valence-corrected chi connectivity index (χ4v) is 5.50. The summed E-state index contributed by atoms with van der Waals surface area (Å²) in [6.07, 6.45) is 7.66. The zero-order valence-electron chi connectivity index (χ0n) is 19.1. The van der Waals surface area contributed by atoms with Crippen LogP contribution in [0.1, 0.15) is 65.3 Å². The number of nitrogens with zero attached hydrogens (tertiary/aromatic N) is 2. The molecule has 33 heavy (non-hydrogen) atoms. The van der Waals surface area contributed by atoms with Gasteiger partial charge >= 0.3 is 0 Å². The molecular formula is C26H31FN4O2. The van der Waals surface area contributed by atoms with Gasteiger partial charge in [-0.2, -0.15) is 0 Å². The van der Waals surface area contributed by atoms with Crippen molar-refractivity contribution in [2.24, 2.45) is 0 Å². The maximum absolute atomic E-state index is 14.4. The number of carbonyl (C=O) groups is 1. The lowest BCUT2D eigenvalue weighted by Crippen LogP contribution is -2.46. The molecule has 0 spiro atoms. The number of fused-ring (bicyclic) bond motifs is 1. The van der Waals surface area contributed by atoms with Crippen LogP contribution in [0, 0.1) is 12.7 Å². The second-order valence-corrected chi connectivity index (χ2v) is 9.32. The number of hydrogen-bond donors (Lipinski definition) is 2. The highest BCUT2D eigenvalue weighted by Gasteiger charge is 2.30. The molecule has 174 valence electrons. The Morgan fingerprint density at radius 3 is 2.67 bits per heavy atom. The van der Waals surface area contributed by atoms with Crippen LogP contribution in [0.25, 0.3) is 10.9 Å². The van der Waals surface area contributed by atoms with Crippen molar-refractivity contribution in [3.05, 3.63) is 69.0 Å². The maximum Gasteiger partial charge on any atom is 0.256 e. The molecule has 7 heteroatoms. The number of aromatic amines is 1. The number of piperazine rings is 1. The first-order valence-corrected chi connectivity index (χ1v) is 12.0. The number of benzene rings is 1. The fourth-order valence-electron chi connectivity index (χ4n) is 5.50. The summed E-state index contributed by atoms with van der Waals surface area (Å²) in [4.78, 5) is 30.9. The number of hydrogen-bond acceptors (Lipinski definition) is 3. The molecule has 3 aromatic rings. The van der Waals surface area contributed by atoms with E-state index in [1.807, 2.05) is 11.0 Å². The van der Waals surface area contributed by atoms with Crippen molar-refractivity contribution in [3.63, 3.8) is 0 Å². The van der Waals surface area contributed by atoms with Crippen molar-refractivity contribution in [1.82, 2.24) is 19.8 Å². The minimum Gasteiger partial charge on any atom is -0.340 e. The summed E-state index contributed by atoms with van der Waals surface area (Å²) in [7, 11) is 0. The average molecular weight is 451 g/mol. The lowest BCUT2D eigenvalue weighted by molar-refractivity contribution is 0.0736. The molecule has 2 N–H and O–H groups in total. The lowest BCUT2D eigenvalue weighted by atomic mass is 9.94. The monoisotopic (exact) mass is 450 g/mol. The summed E-state index contributed by atoms with van der Waals surface area (Å²) in [5.41, 5.74) is 3.66. The van der Waals surface area contributed by atoms with Crippen molar-refractivity contribution < 1.29 is 9.18 Å². The molecule has 6 nitrogen and oxygen atoms in total. The predicted octanol–water partition coefficient (Wildman–Crippen LogP) is 3.92. The molecule has 3 heterocycles. The molecule has 5 rings (SSSR count). The van der Waals surface area contributed by atoms with E-state index < -0.39 is 0 Å². The Morgan fingerprint density at radius 1 is 1.15 bits per heavy atom. The molecule has 0 radical (unpaired) electrons. The normalized spacial score (nSPS) is 17.6. The van der Waals surface area contributed by atoms with Gasteiger partial charge in [-0.3, -0.25) is 9.59 Å². The molecule has 2 aliphatic rings. The topological polar surface area (TPSA) is 70.1 Å². The number of amides is 1. The number of aromatic nitrogens is 2. The van der Waals surface area contributed by atoms with Crippen molar-refractivity contribution in [3.8, 4) is 0 Å². The van der Waals surface area contributed by atoms with E-state index in [1.54, 1.807) is 25.3 Å². The number of H-pyrrole nitrogens is 1. The van der Waals surface area contributed by atoms with Crippen molar-refractivity contribution in [2.45, 2.75) is 51.5 Å². The average Bonchev–Trinajstić information content (AvgIpc) is 3.15. The van der Waals surface area contributed by atoms with E-state index in [0.717, 1.165) is 60.9 Å². The highest BCUT2D eigenvalue weighted by molar-refractivity contribution is 6.08. The van der Waals surface area contributed by atoms with E-state index in [9.17, 15) is 14.0 Å². The Morgan fingerprint density at radius 2 is 1.91 bits per heavy atom. The summed E-state index contributed by atoms with van der Waals surface area (Å²) in [5.74, 6) is -0.245. The molecular weight excluding hydrogens is 419 g/mol. The van der Waals surface area contributed by atoms with Gasteiger partial charge in [0.1, 0.15) is 5.82 Å². The molecule has 1 aliphatic heterocycles. The number of nitrogens with one attached hydrogen (secondary N) is 2. The molecule has 1 aromatic carbocycles. The number of halogens is 1. The van der Waals surface area contributed by atoms with Crippen LogP contribution in [0.4, 0.5) is 4.39 Å². The van der Waals surface area contributed by atoms with E-state index in [-0.39, 0.29) is 23.3 Å². The number of pyridine rings is 1. The van der Waals surface area contributed by atoms with Gasteiger partial charge in [0.25, 0.3) is 5.91 Å². The fraction of sp³-hybridized carbons (Fsp3) is 0.462. The molecule has 1 amide bonds. The summed E-state index contributed by atoms with van der Waals surface area (Å²) in [5, 5.41) is 4.09. The first-order chi connectivity index (χ1) is 16.0. The quantitative estimate of drug-likeness (QED) is 0.633. The van der Waals surface area contributed by atoms with Gasteiger partial charge < -0.3 is 19.8 Å². The van der Waals surface area contributed by atoms with Gasteiger partial charge in [-0.1, -0.05) is 31.4 Å². The minimum absolute atomic E-state index is 0.00726. The largest absolute Gasteiger partial charge is 0.340 e. The third-order valence-electron chi connectivity index (χ3n) is 7.31. The van der Waals surface area contributed by atoms with Crippen LogP contribution in [-0.2, 0) is 6.42 Å². The van der Waals surface area contributed by atoms with E-state index >= 15 is 0 Å². The van der Waals surface area contributed by atoms with Gasteiger partial charge in [-0.05, 0) is 37.0 Å². The molecule has 0 atom stereocenters. The Balaban J connectivity index is 1.73. The summed E-state index contributed by atoms with van der Waals surface area (Å²) >= 11 is 0. The van der Waals surface area contributed by atoms with Gasteiger partial charge in [-0.15, -0.1) is 0 Å². The van der Waals surface area contributed by atoms with Crippen LogP contribution in [0.2, 0.25) is 0 Å². The molecule has 0 bridgehead atoms. The lowest BCUT2D eigenvalue weighted by Gasteiger charge is -2.29. The van der Waals surface area contributed by atoms with Gasteiger partial charge in [0.15, 0.2) is 0 Å². The summed E-state index contributed by atoms with van der Waals surface area (Å²) < 4.78 is 16.6. The maximum atomic E-state index is 14.4. The van der Waals surface area contributed by atoms with Crippen molar-refractivity contribution in [2.75, 3.05) is 26.2 Å². The Hall–Kier alpha value is -2.93. The van der Waals surface area contributed by atoms with Crippen LogP contribution in [-0.4, -0.2) is 46.5 Å². The van der Waals surface area contributed by atoms with Crippen molar-refractivity contribution >= 4 is 16.8 Å². The Bertz CT molecular complexity index is 1230. The first kappa shape index (κ1) is 21.9. The van der Waals surface area contributed by atoms with Crippen LogP contribution < -0.4 is 10.9 Å². The molecule has 2 aromatic heterocycles. The van der Waals surface area contributed by atoms with Crippen molar-refractivity contribution in [1.29, 1.82) is 0 Å². The van der Waals surface area contributed by atoms with Gasteiger partial charge in [0.05, 0.1) is 11.1 Å². The summed E-state index contributed by atoms with van der Waals surface area (Å²) in [6.45, 7) is 4.62. The van der Waals surface area contributed by atoms with E-state index in [2.05, 4.69) is 14.9 Å². The molecule has 0 unspecified atom stereocenters. The SMILES string of the molecule is Cc1c(F)cccc1Cc1c(C(=O)N2CCNCC2)c2c[nH]c(=O)cc2n1C1CCCCC1. The van der Waals surface area contributed by atoms with E-state index in [1.165, 1.54) is 12.5 Å². The van der Waals surface area contributed by atoms with Gasteiger partial charge in [0.2, 0.25) is 5.56 Å². The molecule has 1 saturated carbocycles. The molecule has 1 saturated heterocycles. The Labute approximate surface area is 192 Å². The van der Waals surface area contributed by atoms with Crippen LogP contribution in [0.3, 0.4) is 0 Å². The number of carbonyl (C=O) groups excluding carboxylic acids is 1. The Kier molecular flexibility index (Phi) is 6.06. The minimum atomic E-state index is -0.238. The van der Waals surface area contributed by atoms with Gasteiger partial charge in [-0.25, -0.2) is 4.39 Å². The smallest absolute Gasteiger partial charge is 0.256 e. The zero-order chi connectivity index (χ0) is 22.9. The van der Waals surface area contributed by atoms with Gasteiger partial charge in [0, 0.05) is 62.0 Å². The highest BCUT2D eigenvalue weighted by Crippen LogP contribution is 2.37. The predicted molar refractivity (Wildman–Crippen MR) is 127 cm³/mol. The second kappa shape index (κ2) is 9.14. The molecule has 1 aliphatic carbocycles. The highest BCUT2D eigenvalue weighted by atomic mass is 19.1. The third kappa shape index (κ3) is 4.10. The standard InChI is InChI=1S/C26H31FN4O2/c1-17-18(6-5-9-21(17)27)14-23-25(26(33)30-12-10-28-11-13-30)20-16-29-24(32)15-22(20)31(23)19-7-3-2-4-8-19/h5-6,9,15-16,19,28H,2-4,7-8,10-14H2,1H3,(H,29,32). The van der Waals surface area contributed by atoms with Crippen LogP contribution >= 0.6 is 0 Å². The second-order valence-electron chi connectivity index (χ2n) is 9.32. The van der Waals surface area contributed by atoms with E-state index in [0.29, 0.717) is 30.6 Å². The zero-order valence-corrected chi connectivity index (χ0v) is 19.1. The van der Waals surface area contributed by atoms with E-state index in [4.69, 9.17) is 0 Å². The number of rotatable bonds is 4. The summed E-state index contributed by atoms with van der Waals surface area (Å²) in [6, 6.07) is 7.00.